The Bertz CT molecular complexity index is 550. The Morgan fingerprint density at radius 3 is 2.48 bits per heavy atom. The average molecular weight is 405 g/mol. The summed E-state index contributed by atoms with van der Waals surface area (Å²) < 4.78 is 13.7. The molecule has 1 heterocycles. The number of aromatic nitrogens is 2. The van der Waals surface area contributed by atoms with E-state index >= 15 is 0 Å². The summed E-state index contributed by atoms with van der Waals surface area (Å²) in [6.07, 6.45) is 0.865. The Morgan fingerprint density at radius 2 is 1.96 bits per heavy atom. The minimum atomic E-state index is -1.70. The third-order valence-corrected chi connectivity index (χ3v) is 9.87. The number of hydrogen-bond donors (Lipinski definition) is 0. The molecule has 0 aliphatic heterocycles. The van der Waals surface area contributed by atoms with E-state index in [1.54, 1.807) is 6.92 Å². The number of nitrogens with zero attached hydrogens (tertiary/aromatic N) is 2. The van der Waals surface area contributed by atoms with Crippen LogP contribution in [-0.2, 0) is 15.7 Å². The van der Waals surface area contributed by atoms with Crippen molar-refractivity contribution in [3.63, 3.8) is 0 Å². The van der Waals surface area contributed by atoms with Crippen molar-refractivity contribution in [1.82, 2.24) is 9.78 Å². The number of carbonyl (C=O) groups is 1. The van der Waals surface area contributed by atoms with Crippen molar-refractivity contribution in [1.29, 1.82) is 0 Å². The SMILES string of the molecule is CCOC(=O)c1nn(CCCO[Si](C)(C)C(C)(C)C)c(C)c1Br. The fourth-order valence-corrected chi connectivity index (χ4v) is 3.36. The highest BCUT2D eigenvalue weighted by Gasteiger charge is 2.36. The van der Waals surface area contributed by atoms with E-state index in [1.807, 2.05) is 11.6 Å². The predicted octanol–water partition coefficient (Wildman–Crippen LogP) is 4.54. The number of aryl methyl sites for hydroxylation is 1. The molecule has 0 unspecified atom stereocenters. The van der Waals surface area contributed by atoms with Crippen LogP contribution in [0.5, 0.6) is 0 Å². The second-order valence-electron chi connectivity index (χ2n) is 7.15. The lowest BCUT2D eigenvalue weighted by Gasteiger charge is -2.36. The van der Waals surface area contributed by atoms with E-state index < -0.39 is 14.3 Å². The zero-order valence-corrected chi connectivity index (χ0v) is 17.9. The summed E-state index contributed by atoms with van der Waals surface area (Å²) in [7, 11) is -1.70. The quantitative estimate of drug-likeness (QED) is 0.380. The smallest absolute Gasteiger partial charge is 0.360 e. The lowest BCUT2D eigenvalue weighted by molar-refractivity contribution is 0.0517. The van der Waals surface area contributed by atoms with E-state index in [0.29, 0.717) is 23.4 Å². The highest BCUT2D eigenvalue weighted by molar-refractivity contribution is 9.10. The summed E-state index contributed by atoms with van der Waals surface area (Å²) in [6.45, 7) is 16.7. The minimum Gasteiger partial charge on any atom is -0.461 e. The van der Waals surface area contributed by atoms with Crippen LogP contribution in [0.2, 0.25) is 18.1 Å². The molecule has 1 aromatic rings. The van der Waals surface area contributed by atoms with Gasteiger partial charge in [0.15, 0.2) is 14.0 Å². The first-order valence-corrected chi connectivity index (χ1v) is 11.8. The van der Waals surface area contributed by atoms with E-state index in [1.165, 1.54) is 0 Å². The first-order valence-electron chi connectivity index (χ1n) is 8.05. The zero-order valence-electron chi connectivity index (χ0n) is 15.3. The van der Waals surface area contributed by atoms with Crippen molar-refractivity contribution in [3.8, 4) is 0 Å². The molecule has 0 saturated carbocycles. The van der Waals surface area contributed by atoms with Crippen molar-refractivity contribution < 1.29 is 14.0 Å². The topological polar surface area (TPSA) is 53.3 Å². The van der Waals surface area contributed by atoms with Crippen LogP contribution in [0.15, 0.2) is 4.47 Å². The Hall–Kier alpha value is -0.663. The van der Waals surface area contributed by atoms with Crippen LogP contribution in [-0.4, -0.2) is 37.3 Å². The minimum absolute atomic E-state index is 0.217. The van der Waals surface area contributed by atoms with E-state index in [4.69, 9.17) is 9.16 Å². The lowest BCUT2D eigenvalue weighted by Crippen LogP contribution is -2.41. The molecule has 0 fully saturated rings. The highest BCUT2D eigenvalue weighted by atomic mass is 79.9. The van der Waals surface area contributed by atoms with E-state index in [2.05, 4.69) is 54.9 Å². The fraction of sp³-hybridized carbons (Fsp3) is 0.750. The maximum absolute atomic E-state index is 11.9. The second-order valence-corrected chi connectivity index (χ2v) is 12.8. The summed E-state index contributed by atoms with van der Waals surface area (Å²) >= 11 is 3.43. The molecule has 0 aliphatic rings. The van der Waals surface area contributed by atoms with Gasteiger partial charge in [0.2, 0.25) is 0 Å². The van der Waals surface area contributed by atoms with Crippen molar-refractivity contribution >= 4 is 30.2 Å². The number of hydrogen-bond acceptors (Lipinski definition) is 4. The van der Waals surface area contributed by atoms with Gasteiger partial charge in [0, 0.05) is 13.2 Å². The zero-order chi connectivity index (χ0) is 17.8. The molecule has 0 bridgehead atoms. The maximum atomic E-state index is 11.9. The van der Waals surface area contributed by atoms with Gasteiger partial charge in [-0.15, -0.1) is 0 Å². The Morgan fingerprint density at radius 1 is 1.35 bits per heavy atom. The lowest BCUT2D eigenvalue weighted by atomic mass is 10.2. The first kappa shape index (κ1) is 20.4. The van der Waals surface area contributed by atoms with Crippen LogP contribution in [0.4, 0.5) is 0 Å². The van der Waals surface area contributed by atoms with Crippen molar-refractivity contribution in [2.45, 2.75) is 65.7 Å². The third kappa shape index (κ3) is 5.16. The molecule has 1 aromatic heterocycles. The molecule has 0 spiro atoms. The summed E-state index contributed by atoms with van der Waals surface area (Å²) in [4.78, 5) is 11.9. The van der Waals surface area contributed by atoms with Gasteiger partial charge in [-0.25, -0.2) is 4.79 Å². The predicted molar refractivity (Wildman–Crippen MR) is 98.4 cm³/mol. The molecular formula is C16H29BrN2O3Si. The summed E-state index contributed by atoms with van der Waals surface area (Å²) in [5, 5.41) is 4.58. The number of halogens is 1. The van der Waals surface area contributed by atoms with Gasteiger partial charge in [-0.05, 0) is 54.3 Å². The molecule has 0 aliphatic carbocycles. The van der Waals surface area contributed by atoms with Gasteiger partial charge in [0.1, 0.15) is 0 Å². The molecule has 0 aromatic carbocycles. The molecule has 0 saturated heterocycles. The van der Waals surface area contributed by atoms with Gasteiger partial charge < -0.3 is 9.16 Å². The second kappa shape index (κ2) is 7.94. The van der Waals surface area contributed by atoms with E-state index in [9.17, 15) is 4.79 Å². The van der Waals surface area contributed by atoms with Gasteiger partial charge in [0.05, 0.1) is 16.8 Å². The standard InChI is InChI=1S/C16H29BrN2O3Si/c1-8-21-15(20)14-13(17)12(2)19(18-14)10-9-11-22-23(6,7)16(3,4)5/h8-11H2,1-7H3. The van der Waals surface area contributed by atoms with Crippen LogP contribution in [0.1, 0.15) is 50.3 Å². The molecule has 7 heteroatoms. The fourth-order valence-electron chi connectivity index (χ4n) is 1.83. The number of ether oxygens (including phenoxy) is 1. The van der Waals surface area contributed by atoms with Gasteiger partial charge in [-0.3, -0.25) is 4.68 Å². The van der Waals surface area contributed by atoms with Crippen LogP contribution in [0.3, 0.4) is 0 Å². The van der Waals surface area contributed by atoms with Crippen molar-refractivity contribution in [2.24, 2.45) is 0 Å². The van der Waals surface area contributed by atoms with Gasteiger partial charge in [-0.2, -0.15) is 5.10 Å². The maximum Gasteiger partial charge on any atom is 0.360 e. The Balaban J connectivity index is 2.63. The van der Waals surface area contributed by atoms with Crippen molar-refractivity contribution in [2.75, 3.05) is 13.2 Å². The van der Waals surface area contributed by atoms with Crippen LogP contribution >= 0.6 is 15.9 Å². The van der Waals surface area contributed by atoms with E-state index in [-0.39, 0.29) is 5.04 Å². The molecule has 0 amide bonds. The van der Waals surface area contributed by atoms with Gasteiger partial charge in [0.25, 0.3) is 0 Å². The summed E-state index contributed by atoms with van der Waals surface area (Å²) in [5.41, 5.74) is 1.27. The number of esters is 1. The summed E-state index contributed by atoms with van der Waals surface area (Å²) in [5.74, 6) is -0.390. The Kier molecular flexibility index (Phi) is 7.04. The van der Waals surface area contributed by atoms with E-state index in [0.717, 1.165) is 18.7 Å². The molecule has 0 N–H and O–H groups in total. The molecule has 23 heavy (non-hydrogen) atoms. The summed E-state index contributed by atoms with van der Waals surface area (Å²) in [6, 6.07) is 0. The highest BCUT2D eigenvalue weighted by Crippen LogP contribution is 2.36. The Labute approximate surface area is 149 Å². The first-order chi connectivity index (χ1) is 10.5. The number of rotatable bonds is 7. The molecular weight excluding hydrogens is 376 g/mol. The molecule has 132 valence electrons. The van der Waals surface area contributed by atoms with Crippen LogP contribution in [0.25, 0.3) is 0 Å². The average Bonchev–Trinajstić information content (AvgIpc) is 2.71. The largest absolute Gasteiger partial charge is 0.461 e. The van der Waals surface area contributed by atoms with Gasteiger partial charge >= 0.3 is 5.97 Å². The molecule has 0 atom stereocenters. The third-order valence-electron chi connectivity index (χ3n) is 4.39. The van der Waals surface area contributed by atoms with Crippen LogP contribution < -0.4 is 0 Å². The molecule has 1 rings (SSSR count). The number of carbonyl (C=O) groups excluding carboxylic acids is 1. The normalized spacial score (nSPS) is 12.5. The molecule has 0 radical (unpaired) electrons. The molecule has 5 nitrogen and oxygen atoms in total. The van der Waals surface area contributed by atoms with Crippen LogP contribution in [0, 0.1) is 6.92 Å². The van der Waals surface area contributed by atoms with Crippen molar-refractivity contribution in [3.05, 3.63) is 15.9 Å². The monoisotopic (exact) mass is 404 g/mol. The van der Waals surface area contributed by atoms with Gasteiger partial charge in [-0.1, -0.05) is 20.8 Å².